The number of ether oxygens (including phenoxy) is 1. The smallest absolute Gasteiger partial charge is 0.338 e. The highest BCUT2D eigenvalue weighted by Gasteiger charge is 2.34. The van der Waals surface area contributed by atoms with Gasteiger partial charge in [0.25, 0.3) is 0 Å². The Hall–Kier alpha value is -2.05. The van der Waals surface area contributed by atoms with Crippen molar-refractivity contribution in [3.8, 4) is 0 Å². The molecule has 0 bridgehead atoms. The van der Waals surface area contributed by atoms with E-state index in [1.165, 1.54) is 6.33 Å². The van der Waals surface area contributed by atoms with E-state index in [0.29, 0.717) is 27.3 Å². The van der Waals surface area contributed by atoms with Crippen LogP contribution in [0.1, 0.15) is 32.4 Å². The van der Waals surface area contributed by atoms with Crippen molar-refractivity contribution in [1.29, 1.82) is 0 Å². The summed E-state index contributed by atoms with van der Waals surface area (Å²) in [5.74, 6) is 0.136. The number of rotatable bonds is 3. The summed E-state index contributed by atoms with van der Waals surface area (Å²) in [6, 6.07) is 4.73. The summed E-state index contributed by atoms with van der Waals surface area (Å²) < 4.78 is 7.03. The first kappa shape index (κ1) is 16.8. The molecule has 1 N–H and O–H groups in total. The molecule has 0 aliphatic carbocycles. The van der Waals surface area contributed by atoms with Crippen LogP contribution in [-0.2, 0) is 9.53 Å². The van der Waals surface area contributed by atoms with Crippen molar-refractivity contribution in [3.63, 3.8) is 0 Å². The Morgan fingerprint density at radius 2 is 2.08 bits per heavy atom. The van der Waals surface area contributed by atoms with Crippen molar-refractivity contribution in [2.24, 2.45) is 0 Å². The molecule has 126 valence electrons. The van der Waals surface area contributed by atoms with E-state index in [2.05, 4.69) is 15.4 Å². The molecule has 0 amide bonds. The van der Waals surface area contributed by atoms with Gasteiger partial charge in [0.1, 0.15) is 12.4 Å². The van der Waals surface area contributed by atoms with E-state index >= 15 is 0 Å². The van der Waals surface area contributed by atoms with Gasteiger partial charge in [-0.1, -0.05) is 29.3 Å². The first-order chi connectivity index (χ1) is 11.4. The average molecular weight is 367 g/mol. The molecule has 2 heterocycles. The van der Waals surface area contributed by atoms with Gasteiger partial charge in [-0.15, -0.1) is 0 Å². The van der Waals surface area contributed by atoms with Gasteiger partial charge in [0.05, 0.1) is 21.7 Å². The van der Waals surface area contributed by atoms with Gasteiger partial charge in [0.2, 0.25) is 5.95 Å². The summed E-state index contributed by atoms with van der Waals surface area (Å²) in [5, 5.41) is 8.17. The number of halogens is 2. The summed E-state index contributed by atoms with van der Waals surface area (Å²) in [4.78, 5) is 16.8. The van der Waals surface area contributed by atoms with Gasteiger partial charge in [-0.25, -0.2) is 9.48 Å². The van der Waals surface area contributed by atoms with Crippen LogP contribution >= 0.6 is 23.2 Å². The minimum absolute atomic E-state index is 0.232. The largest absolute Gasteiger partial charge is 0.459 e. The topological polar surface area (TPSA) is 69.0 Å². The van der Waals surface area contributed by atoms with Crippen molar-refractivity contribution < 1.29 is 9.53 Å². The van der Waals surface area contributed by atoms with E-state index in [1.54, 1.807) is 37.6 Å². The second-order valence-corrected chi connectivity index (χ2v) is 6.54. The molecule has 6 nitrogen and oxygen atoms in total. The molecule has 1 aromatic carbocycles. The van der Waals surface area contributed by atoms with Gasteiger partial charge < -0.3 is 10.1 Å². The maximum atomic E-state index is 12.6. The number of esters is 1. The first-order valence-corrected chi connectivity index (χ1v) is 8.17. The maximum Gasteiger partial charge on any atom is 0.338 e. The minimum Gasteiger partial charge on any atom is -0.459 e. The molecule has 0 radical (unpaired) electrons. The van der Waals surface area contributed by atoms with Crippen LogP contribution in [0.3, 0.4) is 0 Å². The molecule has 0 saturated heterocycles. The highest BCUT2D eigenvalue weighted by molar-refractivity contribution is 6.42. The number of anilines is 1. The van der Waals surface area contributed by atoms with Crippen molar-refractivity contribution in [3.05, 3.63) is 51.4 Å². The fraction of sp³-hybridized carbons (Fsp3) is 0.312. The van der Waals surface area contributed by atoms with Crippen LogP contribution in [-0.4, -0.2) is 26.8 Å². The van der Waals surface area contributed by atoms with Crippen molar-refractivity contribution in [2.75, 3.05) is 5.32 Å². The van der Waals surface area contributed by atoms with Gasteiger partial charge in [0, 0.05) is 5.70 Å². The minimum atomic E-state index is -0.496. The fourth-order valence-corrected chi connectivity index (χ4v) is 2.93. The molecule has 0 fully saturated rings. The number of hydrogen-bond acceptors (Lipinski definition) is 5. The third kappa shape index (κ3) is 2.99. The van der Waals surface area contributed by atoms with Crippen LogP contribution in [0, 0.1) is 0 Å². The second-order valence-electron chi connectivity index (χ2n) is 5.72. The molecule has 0 saturated carbocycles. The summed E-state index contributed by atoms with van der Waals surface area (Å²) >= 11 is 12.2. The predicted octanol–water partition coefficient (Wildman–Crippen LogP) is 3.83. The highest BCUT2D eigenvalue weighted by atomic mass is 35.5. The Morgan fingerprint density at radius 1 is 1.33 bits per heavy atom. The van der Waals surface area contributed by atoms with Crippen LogP contribution in [0.4, 0.5) is 5.95 Å². The molecule has 1 aliphatic heterocycles. The molecular weight excluding hydrogens is 351 g/mol. The Kier molecular flexibility index (Phi) is 4.51. The highest BCUT2D eigenvalue weighted by Crippen LogP contribution is 2.37. The number of carbonyl (C=O) groups is 1. The Morgan fingerprint density at radius 3 is 2.75 bits per heavy atom. The second kappa shape index (κ2) is 6.45. The quantitative estimate of drug-likeness (QED) is 0.836. The van der Waals surface area contributed by atoms with Gasteiger partial charge in [-0.3, -0.25) is 0 Å². The molecule has 3 rings (SSSR count). The van der Waals surface area contributed by atoms with Crippen molar-refractivity contribution >= 4 is 35.1 Å². The third-order valence-corrected chi connectivity index (χ3v) is 4.36. The zero-order chi connectivity index (χ0) is 17.4. The molecular formula is C16H16Cl2N4O2. The van der Waals surface area contributed by atoms with Crippen LogP contribution < -0.4 is 5.32 Å². The molecule has 8 heteroatoms. The average Bonchev–Trinajstić information content (AvgIpc) is 2.95. The van der Waals surface area contributed by atoms with E-state index < -0.39 is 12.0 Å². The number of carbonyl (C=O) groups excluding carboxylic acids is 1. The first-order valence-electron chi connectivity index (χ1n) is 7.41. The molecule has 1 aromatic heterocycles. The molecule has 0 unspecified atom stereocenters. The van der Waals surface area contributed by atoms with E-state index in [-0.39, 0.29) is 6.10 Å². The number of nitrogens with one attached hydrogen (secondary N) is 1. The maximum absolute atomic E-state index is 12.6. The summed E-state index contributed by atoms with van der Waals surface area (Å²) in [6.07, 6.45) is 1.20. The standard InChI is InChI=1S/C16H16Cl2N4O2/c1-8(2)24-15(23)13-9(3)21-16-19-7-20-22(16)14(13)10-4-5-11(17)12(18)6-10/h4-8,14H,1-3H3,(H,19,20,21)/t14-/m1/s1. The Balaban J connectivity index is 2.14. The SMILES string of the molecule is CC1=C(C(=O)OC(C)C)[C@@H](c2ccc(Cl)c(Cl)c2)n2ncnc2N1. The van der Waals surface area contributed by atoms with E-state index in [0.717, 1.165) is 5.56 Å². The zero-order valence-electron chi connectivity index (χ0n) is 13.4. The summed E-state index contributed by atoms with van der Waals surface area (Å²) in [5.41, 5.74) is 1.89. The lowest BCUT2D eigenvalue weighted by Crippen LogP contribution is -2.30. The third-order valence-electron chi connectivity index (χ3n) is 3.62. The van der Waals surface area contributed by atoms with Gasteiger partial charge >= 0.3 is 5.97 Å². The van der Waals surface area contributed by atoms with Crippen LogP contribution in [0.25, 0.3) is 0 Å². The predicted molar refractivity (Wildman–Crippen MR) is 92.2 cm³/mol. The van der Waals surface area contributed by atoms with E-state index in [4.69, 9.17) is 27.9 Å². The lowest BCUT2D eigenvalue weighted by atomic mass is 9.96. The normalized spacial score (nSPS) is 16.8. The van der Waals surface area contributed by atoms with Crippen LogP contribution in [0.15, 0.2) is 35.8 Å². The summed E-state index contributed by atoms with van der Waals surface area (Å²) in [6.45, 7) is 5.41. The number of benzene rings is 1. The zero-order valence-corrected chi connectivity index (χ0v) is 14.9. The van der Waals surface area contributed by atoms with Gasteiger partial charge in [0.15, 0.2) is 0 Å². The molecule has 1 aliphatic rings. The number of hydrogen-bond donors (Lipinski definition) is 1. The Labute approximate surface area is 149 Å². The van der Waals surface area contributed by atoms with E-state index in [9.17, 15) is 4.79 Å². The lowest BCUT2D eigenvalue weighted by Gasteiger charge is -2.28. The fourth-order valence-electron chi connectivity index (χ4n) is 2.62. The number of allylic oxidation sites excluding steroid dienone is 1. The van der Waals surface area contributed by atoms with Gasteiger partial charge in [-0.05, 0) is 38.5 Å². The van der Waals surface area contributed by atoms with Crippen molar-refractivity contribution in [2.45, 2.75) is 32.9 Å². The summed E-state index contributed by atoms with van der Waals surface area (Å²) in [7, 11) is 0. The van der Waals surface area contributed by atoms with Gasteiger partial charge in [-0.2, -0.15) is 10.1 Å². The molecule has 2 aromatic rings. The van der Waals surface area contributed by atoms with Crippen LogP contribution in [0.5, 0.6) is 0 Å². The molecule has 1 atom stereocenters. The van der Waals surface area contributed by atoms with Crippen LogP contribution in [0.2, 0.25) is 10.0 Å². The molecule has 0 spiro atoms. The monoisotopic (exact) mass is 366 g/mol. The molecule has 24 heavy (non-hydrogen) atoms. The number of aromatic nitrogens is 3. The Bertz CT molecular complexity index is 829. The van der Waals surface area contributed by atoms with E-state index in [1.807, 2.05) is 6.07 Å². The lowest BCUT2D eigenvalue weighted by molar-refractivity contribution is -0.143. The van der Waals surface area contributed by atoms with Crippen molar-refractivity contribution in [1.82, 2.24) is 14.8 Å². The number of nitrogens with zero attached hydrogens (tertiary/aromatic N) is 3. The number of fused-ring (bicyclic) bond motifs is 1.